The molecule has 0 saturated carbocycles. The van der Waals surface area contributed by atoms with E-state index in [0.29, 0.717) is 18.1 Å². The lowest BCUT2D eigenvalue weighted by molar-refractivity contribution is 1.09. The van der Waals surface area contributed by atoms with Gasteiger partial charge in [0.1, 0.15) is 5.52 Å². The van der Waals surface area contributed by atoms with Crippen LogP contribution in [0.1, 0.15) is 5.56 Å². The van der Waals surface area contributed by atoms with E-state index in [1.807, 2.05) is 6.07 Å². The first-order chi connectivity index (χ1) is 9.76. The molecule has 0 aliphatic heterocycles. The van der Waals surface area contributed by atoms with Crippen molar-refractivity contribution >= 4 is 45.5 Å². The summed E-state index contributed by atoms with van der Waals surface area (Å²) in [5.41, 5.74) is 2.67. The Bertz CT molecular complexity index is 739. The second-order valence-corrected chi connectivity index (χ2v) is 5.48. The summed E-state index contributed by atoms with van der Waals surface area (Å²) in [5, 5.41) is 6.27. The molecule has 3 N–H and O–H groups in total. The smallest absolute Gasteiger partial charge is 0.226 e. The Morgan fingerprint density at radius 3 is 3.00 bits per heavy atom. The highest BCUT2D eigenvalue weighted by Gasteiger charge is 2.08. The molecule has 0 aliphatic carbocycles. The number of imidazole rings is 1. The highest BCUT2D eigenvalue weighted by atomic mass is 127. The number of aromatic amines is 1. The molecule has 0 amide bonds. The summed E-state index contributed by atoms with van der Waals surface area (Å²) in [5.74, 6) is 1.30. The fourth-order valence-corrected chi connectivity index (χ4v) is 2.51. The van der Waals surface area contributed by atoms with Crippen molar-refractivity contribution in [1.82, 2.24) is 19.9 Å². The first-order valence-electron chi connectivity index (χ1n) is 6.13. The van der Waals surface area contributed by atoms with Gasteiger partial charge in [-0.1, -0.05) is 12.1 Å². The number of H-pyrrole nitrogens is 1. The molecule has 6 nitrogen and oxygen atoms in total. The van der Waals surface area contributed by atoms with Crippen LogP contribution >= 0.6 is 22.6 Å². The molecule has 1 aromatic carbocycles. The number of fused-ring (bicyclic) bond motifs is 1. The van der Waals surface area contributed by atoms with E-state index in [9.17, 15) is 0 Å². The average molecular weight is 380 g/mol. The lowest BCUT2D eigenvalue weighted by Crippen LogP contribution is -2.05. The number of nitrogens with zero attached hydrogens (tertiary/aromatic N) is 3. The molecule has 20 heavy (non-hydrogen) atoms. The normalized spacial score (nSPS) is 10.7. The van der Waals surface area contributed by atoms with E-state index >= 15 is 0 Å². The quantitative estimate of drug-likeness (QED) is 0.607. The number of benzene rings is 1. The summed E-state index contributed by atoms with van der Waals surface area (Å²) in [6, 6.07) is 8.34. The van der Waals surface area contributed by atoms with Crippen LogP contribution in [0, 0.1) is 3.57 Å². The molecule has 0 unspecified atom stereocenters. The van der Waals surface area contributed by atoms with Crippen LogP contribution in [0.3, 0.4) is 0 Å². The third-order valence-electron chi connectivity index (χ3n) is 2.86. The molecule has 3 aromatic rings. The molecule has 2 heterocycles. The summed E-state index contributed by atoms with van der Waals surface area (Å²) in [7, 11) is 1.79. The van der Waals surface area contributed by atoms with Gasteiger partial charge in [0.2, 0.25) is 5.95 Å². The molecule has 0 fully saturated rings. The maximum Gasteiger partial charge on any atom is 0.226 e. The van der Waals surface area contributed by atoms with Gasteiger partial charge in [0.15, 0.2) is 11.5 Å². The van der Waals surface area contributed by atoms with Crippen molar-refractivity contribution in [3.63, 3.8) is 0 Å². The molecular weight excluding hydrogens is 367 g/mol. The first kappa shape index (κ1) is 13.1. The van der Waals surface area contributed by atoms with E-state index in [1.165, 1.54) is 9.13 Å². The Hall–Kier alpha value is -1.90. The second-order valence-electron chi connectivity index (χ2n) is 4.23. The van der Waals surface area contributed by atoms with Crippen LogP contribution in [0.4, 0.5) is 11.8 Å². The standard InChI is InChI=1S/C13H13IN6/c1-15-13-19-11(10-12(20-13)18-7-17-10)16-6-8-3-2-4-9(14)5-8/h2-5,7H,6H2,1H3,(H3,15,16,17,18,19,20). The van der Waals surface area contributed by atoms with Crippen molar-refractivity contribution in [3.8, 4) is 0 Å². The van der Waals surface area contributed by atoms with Crippen molar-refractivity contribution in [2.75, 3.05) is 17.7 Å². The minimum atomic E-state index is 0.551. The largest absolute Gasteiger partial charge is 0.364 e. The van der Waals surface area contributed by atoms with E-state index in [-0.39, 0.29) is 0 Å². The van der Waals surface area contributed by atoms with E-state index in [4.69, 9.17) is 0 Å². The predicted octanol–water partition coefficient (Wildman–Crippen LogP) is 2.61. The van der Waals surface area contributed by atoms with Gasteiger partial charge in [-0.25, -0.2) is 4.98 Å². The second kappa shape index (κ2) is 5.61. The Morgan fingerprint density at radius 2 is 2.20 bits per heavy atom. The fraction of sp³-hybridized carbons (Fsp3) is 0.154. The fourth-order valence-electron chi connectivity index (χ4n) is 1.91. The lowest BCUT2D eigenvalue weighted by atomic mass is 10.2. The maximum atomic E-state index is 4.42. The maximum absolute atomic E-state index is 4.42. The monoisotopic (exact) mass is 380 g/mol. The minimum absolute atomic E-state index is 0.551. The van der Waals surface area contributed by atoms with Crippen molar-refractivity contribution < 1.29 is 0 Å². The van der Waals surface area contributed by atoms with Gasteiger partial charge in [-0.05, 0) is 40.3 Å². The Balaban J connectivity index is 1.88. The zero-order valence-corrected chi connectivity index (χ0v) is 13.0. The van der Waals surface area contributed by atoms with Crippen LogP contribution in [-0.2, 0) is 6.54 Å². The van der Waals surface area contributed by atoms with Gasteiger partial charge in [-0.3, -0.25) is 0 Å². The molecule has 2 aromatic heterocycles. The van der Waals surface area contributed by atoms with Crippen molar-refractivity contribution in [2.45, 2.75) is 6.54 Å². The number of nitrogens with one attached hydrogen (secondary N) is 3. The van der Waals surface area contributed by atoms with Gasteiger partial charge in [0, 0.05) is 17.2 Å². The highest BCUT2D eigenvalue weighted by molar-refractivity contribution is 14.1. The molecule has 102 valence electrons. The number of rotatable bonds is 4. The highest BCUT2D eigenvalue weighted by Crippen LogP contribution is 2.19. The molecule has 0 bridgehead atoms. The van der Waals surface area contributed by atoms with E-state index in [1.54, 1.807) is 13.4 Å². The topological polar surface area (TPSA) is 78.5 Å². The Morgan fingerprint density at radius 1 is 1.30 bits per heavy atom. The number of aromatic nitrogens is 4. The number of anilines is 2. The molecule has 0 radical (unpaired) electrons. The molecule has 0 saturated heterocycles. The first-order valence-corrected chi connectivity index (χ1v) is 7.21. The van der Waals surface area contributed by atoms with Gasteiger partial charge in [0.05, 0.1) is 6.33 Å². The van der Waals surface area contributed by atoms with Gasteiger partial charge in [0.25, 0.3) is 0 Å². The van der Waals surface area contributed by atoms with Gasteiger partial charge in [-0.2, -0.15) is 9.97 Å². The average Bonchev–Trinajstić information content (AvgIpc) is 2.93. The van der Waals surface area contributed by atoms with Crippen molar-refractivity contribution in [2.24, 2.45) is 0 Å². The molecule has 0 aliphatic rings. The lowest BCUT2D eigenvalue weighted by Gasteiger charge is -2.08. The number of halogens is 1. The predicted molar refractivity (Wildman–Crippen MR) is 87.7 cm³/mol. The molecule has 0 atom stereocenters. The van der Waals surface area contributed by atoms with Crippen LogP contribution in [0.2, 0.25) is 0 Å². The number of hydrogen-bond donors (Lipinski definition) is 3. The zero-order chi connectivity index (χ0) is 13.9. The molecule has 0 spiro atoms. The summed E-state index contributed by atoms with van der Waals surface area (Å²) >= 11 is 2.30. The van der Waals surface area contributed by atoms with Crippen molar-refractivity contribution in [3.05, 3.63) is 39.7 Å². The van der Waals surface area contributed by atoms with Crippen LogP contribution in [0.25, 0.3) is 11.2 Å². The van der Waals surface area contributed by atoms with Crippen LogP contribution in [-0.4, -0.2) is 27.0 Å². The van der Waals surface area contributed by atoms with Crippen LogP contribution in [0.5, 0.6) is 0 Å². The molecular formula is C13H13IN6. The van der Waals surface area contributed by atoms with Crippen LogP contribution < -0.4 is 10.6 Å². The van der Waals surface area contributed by atoms with E-state index in [0.717, 1.165) is 11.3 Å². The van der Waals surface area contributed by atoms with E-state index < -0.39 is 0 Å². The van der Waals surface area contributed by atoms with Gasteiger partial charge >= 0.3 is 0 Å². The summed E-state index contributed by atoms with van der Waals surface area (Å²) < 4.78 is 1.21. The summed E-state index contributed by atoms with van der Waals surface area (Å²) in [4.78, 5) is 15.9. The molecule has 3 rings (SSSR count). The third-order valence-corrected chi connectivity index (χ3v) is 3.53. The SMILES string of the molecule is CNc1nc(NCc2cccc(I)c2)c2[nH]cnc2n1. The zero-order valence-electron chi connectivity index (χ0n) is 10.8. The third kappa shape index (κ3) is 2.67. The van der Waals surface area contributed by atoms with Crippen molar-refractivity contribution in [1.29, 1.82) is 0 Å². The van der Waals surface area contributed by atoms with E-state index in [2.05, 4.69) is 71.4 Å². The minimum Gasteiger partial charge on any atom is -0.364 e. The Labute approximate surface area is 129 Å². The molecule has 7 heteroatoms. The van der Waals surface area contributed by atoms with Gasteiger partial charge in [-0.15, -0.1) is 0 Å². The summed E-state index contributed by atoms with van der Waals surface area (Å²) in [6.07, 6.45) is 1.62. The number of hydrogen-bond acceptors (Lipinski definition) is 5. The summed E-state index contributed by atoms with van der Waals surface area (Å²) in [6.45, 7) is 0.700. The van der Waals surface area contributed by atoms with Crippen LogP contribution in [0.15, 0.2) is 30.6 Å². The van der Waals surface area contributed by atoms with Gasteiger partial charge < -0.3 is 15.6 Å². The Kier molecular flexibility index (Phi) is 3.68.